The van der Waals surface area contributed by atoms with Crippen LogP contribution in [0.15, 0.2) is 23.3 Å². The SMILES string of the molecule is O=C(N/N=C\[C@H]1C[C@@H]2CC[C@@H]1C2)c1sc2cc(F)ccc2c1Cl. The molecule has 2 fully saturated rings. The Labute approximate surface area is 142 Å². The highest BCUT2D eigenvalue weighted by Gasteiger charge is 2.38. The number of nitrogens with one attached hydrogen (secondary N) is 1. The summed E-state index contributed by atoms with van der Waals surface area (Å²) in [6, 6.07) is 4.33. The number of fused-ring (bicyclic) bond motifs is 3. The van der Waals surface area contributed by atoms with E-state index in [1.807, 2.05) is 6.21 Å². The third-order valence-corrected chi connectivity index (χ3v) is 6.68. The Morgan fingerprint density at radius 3 is 3.00 bits per heavy atom. The second-order valence-electron chi connectivity index (χ2n) is 6.44. The maximum Gasteiger partial charge on any atom is 0.282 e. The van der Waals surface area contributed by atoms with Crippen LogP contribution in [0.5, 0.6) is 0 Å². The predicted molar refractivity (Wildman–Crippen MR) is 91.7 cm³/mol. The Bertz CT molecular complexity index is 803. The monoisotopic (exact) mass is 350 g/mol. The first-order chi connectivity index (χ1) is 11.1. The molecule has 2 aliphatic rings. The number of nitrogens with zero attached hydrogens (tertiary/aromatic N) is 1. The van der Waals surface area contributed by atoms with Gasteiger partial charge >= 0.3 is 0 Å². The van der Waals surface area contributed by atoms with Crippen molar-refractivity contribution in [1.29, 1.82) is 0 Å². The van der Waals surface area contributed by atoms with Gasteiger partial charge in [-0.15, -0.1) is 11.3 Å². The lowest BCUT2D eigenvalue weighted by atomic mass is 9.90. The van der Waals surface area contributed by atoms with Crippen LogP contribution in [0.2, 0.25) is 5.02 Å². The lowest BCUT2D eigenvalue weighted by Crippen LogP contribution is -2.19. The summed E-state index contributed by atoms with van der Waals surface area (Å²) in [6.45, 7) is 0. The maximum atomic E-state index is 13.3. The number of amides is 1. The van der Waals surface area contributed by atoms with E-state index in [9.17, 15) is 9.18 Å². The summed E-state index contributed by atoms with van der Waals surface area (Å²) in [7, 11) is 0. The smallest absolute Gasteiger partial charge is 0.266 e. The molecule has 0 radical (unpaired) electrons. The lowest BCUT2D eigenvalue weighted by Gasteiger charge is -2.16. The van der Waals surface area contributed by atoms with Crippen LogP contribution in [-0.2, 0) is 0 Å². The Kier molecular flexibility index (Phi) is 3.85. The van der Waals surface area contributed by atoms with Gasteiger partial charge in [0.05, 0.1) is 5.02 Å². The zero-order valence-electron chi connectivity index (χ0n) is 12.4. The molecule has 4 rings (SSSR count). The summed E-state index contributed by atoms with van der Waals surface area (Å²) >= 11 is 7.42. The van der Waals surface area contributed by atoms with Crippen LogP contribution in [-0.4, -0.2) is 12.1 Å². The van der Waals surface area contributed by atoms with E-state index < -0.39 is 0 Å². The summed E-state index contributed by atoms with van der Waals surface area (Å²) in [5.41, 5.74) is 2.56. The summed E-state index contributed by atoms with van der Waals surface area (Å²) in [5, 5.41) is 5.18. The molecule has 2 aromatic rings. The first-order valence-corrected chi connectivity index (χ1v) is 9.02. The molecule has 3 nitrogen and oxygen atoms in total. The van der Waals surface area contributed by atoms with Crippen LogP contribution in [0.25, 0.3) is 10.1 Å². The lowest BCUT2D eigenvalue weighted by molar-refractivity contribution is 0.0959. The zero-order chi connectivity index (χ0) is 16.0. The quantitative estimate of drug-likeness (QED) is 0.624. The molecule has 1 aromatic heterocycles. The number of halogens is 2. The van der Waals surface area contributed by atoms with Gasteiger partial charge in [0.25, 0.3) is 5.91 Å². The predicted octanol–water partition coefficient (Wildman–Crippen LogP) is 4.85. The summed E-state index contributed by atoms with van der Waals surface area (Å²) in [4.78, 5) is 12.6. The molecular weight excluding hydrogens is 335 g/mol. The van der Waals surface area contributed by atoms with Crippen LogP contribution in [0.4, 0.5) is 4.39 Å². The minimum absolute atomic E-state index is 0.336. The van der Waals surface area contributed by atoms with Crippen molar-refractivity contribution in [2.45, 2.75) is 25.7 Å². The van der Waals surface area contributed by atoms with E-state index in [2.05, 4.69) is 10.5 Å². The van der Waals surface area contributed by atoms with E-state index in [1.54, 1.807) is 6.07 Å². The molecule has 6 heteroatoms. The number of benzene rings is 1. The molecule has 1 aromatic carbocycles. The highest BCUT2D eigenvalue weighted by Crippen LogP contribution is 2.47. The van der Waals surface area contributed by atoms with Gasteiger partial charge in [-0.1, -0.05) is 18.0 Å². The van der Waals surface area contributed by atoms with Crippen molar-refractivity contribution in [3.63, 3.8) is 0 Å². The minimum Gasteiger partial charge on any atom is -0.266 e. The molecule has 0 aliphatic heterocycles. The van der Waals surface area contributed by atoms with Crippen molar-refractivity contribution in [2.75, 3.05) is 0 Å². The van der Waals surface area contributed by atoms with Gasteiger partial charge < -0.3 is 0 Å². The van der Waals surface area contributed by atoms with Crippen LogP contribution in [0.1, 0.15) is 35.4 Å². The van der Waals surface area contributed by atoms with Gasteiger partial charge in [-0.05, 0) is 55.2 Å². The van der Waals surface area contributed by atoms with E-state index in [1.165, 1.54) is 49.2 Å². The fraction of sp³-hybridized carbons (Fsp3) is 0.412. The number of hydrazone groups is 1. The second kappa shape index (κ2) is 5.87. The van der Waals surface area contributed by atoms with Crippen LogP contribution in [0, 0.1) is 23.6 Å². The van der Waals surface area contributed by atoms with E-state index in [0.717, 1.165) is 11.8 Å². The van der Waals surface area contributed by atoms with Crippen LogP contribution < -0.4 is 5.43 Å². The normalized spacial score (nSPS) is 26.4. The van der Waals surface area contributed by atoms with Crippen LogP contribution in [0.3, 0.4) is 0 Å². The van der Waals surface area contributed by atoms with Gasteiger partial charge in [0, 0.05) is 16.3 Å². The average Bonchev–Trinajstić information content (AvgIpc) is 3.22. The molecule has 2 bridgehead atoms. The largest absolute Gasteiger partial charge is 0.282 e. The van der Waals surface area contributed by atoms with Gasteiger partial charge in [0.1, 0.15) is 10.7 Å². The number of carbonyl (C=O) groups is 1. The first-order valence-electron chi connectivity index (χ1n) is 7.83. The molecule has 120 valence electrons. The topological polar surface area (TPSA) is 41.5 Å². The van der Waals surface area contributed by atoms with Crippen molar-refractivity contribution in [3.8, 4) is 0 Å². The molecule has 23 heavy (non-hydrogen) atoms. The van der Waals surface area contributed by atoms with E-state index in [-0.39, 0.29) is 11.7 Å². The van der Waals surface area contributed by atoms with Crippen molar-refractivity contribution in [1.82, 2.24) is 5.43 Å². The van der Waals surface area contributed by atoms with Crippen molar-refractivity contribution >= 4 is 45.1 Å². The van der Waals surface area contributed by atoms with E-state index in [0.29, 0.717) is 25.9 Å². The minimum atomic E-state index is -0.337. The van der Waals surface area contributed by atoms with Crippen molar-refractivity contribution in [3.05, 3.63) is 33.9 Å². The first kappa shape index (κ1) is 15.1. The number of thiophene rings is 1. The van der Waals surface area contributed by atoms with Gasteiger partial charge in [-0.25, -0.2) is 9.82 Å². The third kappa shape index (κ3) is 2.76. The highest BCUT2D eigenvalue weighted by atomic mass is 35.5. The second-order valence-corrected chi connectivity index (χ2v) is 7.87. The molecule has 1 N–H and O–H groups in total. The number of rotatable bonds is 3. The molecule has 2 aliphatic carbocycles. The van der Waals surface area contributed by atoms with Gasteiger partial charge in [0.2, 0.25) is 0 Å². The van der Waals surface area contributed by atoms with E-state index in [4.69, 9.17) is 11.6 Å². The molecule has 1 heterocycles. The fourth-order valence-electron chi connectivity index (χ4n) is 3.90. The molecule has 0 unspecified atom stereocenters. The summed E-state index contributed by atoms with van der Waals surface area (Å²) in [6.07, 6.45) is 6.99. The molecular formula is C17H16ClFN2OS. The Hall–Kier alpha value is -1.46. The molecule has 1 amide bonds. The van der Waals surface area contributed by atoms with Gasteiger partial charge in [0.15, 0.2) is 0 Å². The Morgan fingerprint density at radius 1 is 1.39 bits per heavy atom. The van der Waals surface area contributed by atoms with Gasteiger partial charge in [-0.3, -0.25) is 4.79 Å². The standard InChI is InChI=1S/C17H16ClFN2OS/c18-15-13-4-3-12(19)7-14(13)23-16(15)17(22)21-20-8-11-6-9-1-2-10(11)5-9/h3-4,7-11H,1-2,5-6H2,(H,21,22)/b20-8-/t9-,10-,11-/m1/s1. The maximum absolute atomic E-state index is 13.3. The summed E-state index contributed by atoms with van der Waals surface area (Å²) < 4.78 is 13.9. The number of hydrogen-bond donors (Lipinski definition) is 1. The van der Waals surface area contributed by atoms with E-state index >= 15 is 0 Å². The molecule has 3 atom stereocenters. The van der Waals surface area contributed by atoms with Crippen LogP contribution >= 0.6 is 22.9 Å². The zero-order valence-corrected chi connectivity index (χ0v) is 14.0. The van der Waals surface area contributed by atoms with Crippen molar-refractivity contribution < 1.29 is 9.18 Å². The number of carbonyl (C=O) groups excluding carboxylic acids is 1. The number of hydrogen-bond acceptors (Lipinski definition) is 3. The molecule has 0 saturated heterocycles. The fourth-order valence-corrected chi connectivity index (χ4v) is 5.34. The molecule has 0 spiro atoms. The molecule has 2 saturated carbocycles. The Morgan fingerprint density at radius 2 is 2.26 bits per heavy atom. The van der Waals surface area contributed by atoms with Gasteiger partial charge in [-0.2, -0.15) is 5.10 Å². The highest BCUT2D eigenvalue weighted by molar-refractivity contribution is 7.21. The third-order valence-electron chi connectivity index (χ3n) is 5.02. The Balaban J connectivity index is 1.48. The summed E-state index contributed by atoms with van der Waals surface area (Å²) in [5.74, 6) is 1.39. The van der Waals surface area contributed by atoms with Crippen molar-refractivity contribution in [2.24, 2.45) is 22.9 Å². The average molecular weight is 351 g/mol.